The SMILES string of the molecule is CC(C)(C)SCC(=O)N1CCC(NS(=O)(=O)c2cccs2)CC1. The molecular formula is C15H24N2O3S3. The average molecular weight is 377 g/mol. The molecule has 1 aliphatic heterocycles. The highest BCUT2D eigenvalue weighted by Crippen LogP contribution is 2.24. The number of piperidine rings is 1. The number of nitrogens with one attached hydrogen (secondary N) is 1. The van der Waals surface area contributed by atoms with Crippen LogP contribution in [0.1, 0.15) is 33.6 Å². The fourth-order valence-electron chi connectivity index (χ4n) is 2.31. The fourth-order valence-corrected chi connectivity index (χ4v) is 5.36. The van der Waals surface area contributed by atoms with Crippen LogP contribution in [0.25, 0.3) is 0 Å². The summed E-state index contributed by atoms with van der Waals surface area (Å²) in [4.78, 5) is 14.0. The molecule has 23 heavy (non-hydrogen) atoms. The quantitative estimate of drug-likeness (QED) is 0.858. The summed E-state index contributed by atoms with van der Waals surface area (Å²) in [7, 11) is -3.42. The fraction of sp³-hybridized carbons (Fsp3) is 0.667. The van der Waals surface area contributed by atoms with E-state index in [-0.39, 0.29) is 16.7 Å². The van der Waals surface area contributed by atoms with Crippen LogP contribution in [0.15, 0.2) is 21.7 Å². The molecule has 2 heterocycles. The molecule has 0 atom stereocenters. The van der Waals surface area contributed by atoms with Crippen molar-refractivity contribution in [2.45, 2.75) is 48.6 Å². The first-order valence-electron chi connectivity index (χ1n) is 7.65. The van der Waals surface area contributed by atoms with Gasteiger partial charge in [-0.05, 0) is 24.3 Å². The Kier molecular flexibility index (Phi) is 6.16. The summed E-state index contributed by atoms with van der Waals surface area (Å²) >= 11 is 2.86. The highest BCUT2D eigenvalue weighted by molar-refractivity contribution is 8.01. The van der Waals surface area contributed by atoms with Gasteiger partial charge in [0, 0.05) is 23.9 Å². The molecule has 130 valence electrons. The van der Waals surface area contributed by atoms with Crippen LogP contribution in [0.5, 0.6) is 0 Å². The van der Waals surface area contributed by atoms with Crippen molar-refractivity contribution in [3.63, 3.8) is 0 Å². The van der Waals surface area contributed by atoms with E-state index in [4.69, 9.17) is 0 Å². The summed E-state index contributed by atoms with van der Waals surface area (Å²) in [5.41, 5.74) is 0. The Hall–Kier alpha value is -0.570. The van der Waals surface area contributed by atoms with Crippen molar-refractivity contribution in [1.29, 1.82) is 0 Å². The Bertz CT molecular complexity index is 613. The molecule has 0 saturated carbocycles. The Morgan fingerprint density at radius 3 is 2.57 bits per heavy atom. The third-order valence-electron chi connectivity index (χ3n) is 3.56. The molecule has 8 heteroatoms. The van der Waals surface area contributed by atoms with E-state index in [2.05, 4.69) is 25.5 Å². The number of thioether (sulfide) groups is 1. The molecule has 5 nitrogen and oxygen atoms in total. The second-order valence-electron chi connectivity index (χ2n) is 6.61. The second kappa shape index (κ2) is 7.55. The molecule has 1 amide bonds. The number of thiophene rings is 1. The van der Waals surface area contributed by atoms with E-state index < -0.39 is 10.0 Å². The first kappa shape index (κ1) is 18.8. The summed E-state index contributed by atoms with van der Waals surface area (Å²) in [6, 6.07) is 3.24. The van der Waals surface area contributed by atoms with Gasteiger partial charge in [-0.2, -0.15) is 0 Å². The molecule has 1 aromatic rings. The van der Waals surface area contributed by atoms with Gasteiger partial charge in [-0.3, -0.25) is 4.79 Å². The number of hydrogen-bond donors (Lipinski definition) is 1. The van der Waals surface area contributed by atoms with E-state index in [9.17, 15) is 13.2 Å². The number of sulfonamides is 1. The molecule has 0 spiro atoms. The van der Waals surface area contributed by atoms with Gasteiger partial charge < -0.3 is 4.90 Å². The first-order valence-corrected chi connectivity index (χ1v) is 11.0. The highest BCUT2D eigenvalue weighted by atomic mass is 32.2. The lowest BCUT2D eigenvalue weighted by atomic mass is 10.1. The van der Waals surface area contributed by atoms with Crippen LogP contribution in [0, 0.1) is 0 Å². The van der Waals surface area contributed by atoms with E-state index in [0.717, 1.165) is 0 Å². The van der Waals surface area contributed by atoms with Gasteiger partial charge in [0.2, 0.25) is 15.9 Å². The number of hydrogen-bond acceptors (Lipinski definition) is 5. The van der Waals surface area contributed by atoms with Crippen LogP contribution in [-0.4, -0.2) is 48.9 Å². The number of carbonyl (C=O) groups is 1. The standard InChI is InChI=1S/C15H24N2O3S3/c1-15(2,3)22-11-13(18)17-8-6-12(7-9-17)16-23(19,20)14-5-4-10-21-14/h4-5,10,12,16H,6-9,11H2,1-3H3. The molecule has 0 bridgehead atoms. The minimum Gasteiger partial charge on any atom is -0.342 e. The topological polar surface area (TPSA) is 66.5 Å². The van der Waals surface area contributed by atoms with Gasteiger partial charge in [0.25, 0.3) is 0 Å². The molecule has 0 aliphatic carbocycles. The summed E-state index contributed by atoms with van der Waals surface area (Å²) in [6.45, 7) is 7.51. The normalized spacial score (nSPS) is 17.4. The molecule has 2 rings (SSSR count). The smallest absolute Gasteiger partial charge is 0.250 e. The minimum atomic E-state index is -3.42. The van der Waals surface area contributed by atoms with Crippen molar-refractivity contribution in [1.82, 2.24) is 9.62 Å². The van der Waals surface area contributed by atoms with Crippen LogP contribution in [0.2, 0.25) is 0 Å². The van der Waals surface area contributed by atoms with Gasteiger partial charge in [0.1, 0.15) is 4.21 Å². The van der Waals surface area contributed by atoms with E-state index >= 15 is 0 Å². The van der Waals surface area contributed by atoms with Crippen LogP contribution in [-0.2, 0) is 14.8 Å². The number of rotatable bonds is 5. The number of carbonyl (C=O) groups excluding carboxylic acids is 1. The van der Waals surface area contributed by atoms with Gasteiger partial charge >= 0.3 is 0 Å². The first-order chi connectivity index (χ1) is 10.7. The van der Waals surface area contributed by atoms with Crippen LogP contribution in [0.4, 0.5) is 0 Å². The van der Waals surface area contributed by atoms with Crippen molar-refractivity contribution < 1.29 is 13.2 Å². The Morgan fingerprint density at radius 2 is 2.04 bits per heavy atom. The Morgan fingerprint density at radius 1 is 1.39 bits per heavy atom. The van der Waals surface area contributed by atoms with E-state index in [0.29, 0.717) is 35.9 Å². The molecule has 1 fully saturated rings. The van der Waals surface area contributed by atoms with Gasteiger partial charge in [-0.25, -0.2) is 13.1 Å². The molecule has 1 aliphatic rings. The summed E-state index contributed by atoms with van der Waals surface area (Å²) < 4.78 is 27.6. The van der Waals surface area contributed by atoms with Crippen LogP contribution in [0.3, 0.4) is 0 Å². The van der Waals surface area contributed by atoms with Gasteiger partial charge in [0.15, 0.2) is 0 Å². The monoisotopic (exact) mass is 376 g/mol. The van der Waals surface area contributed by atoms with Crippen LogP contribution >= 0.6 is 23.1 Å². The maximum absolute atomic E-state index is 12.2. The van der Waals surface area contributed by atoms with Crippen LogP contribution < -0.4 is 4.72 Å². The predicted octanol–water partition coefficient (Wildman–Crippen LogP) is 2.55. The third kappa shape index (κ3) is 5.77. The second-order valence-corrected chi connectivity index (χ2v) is 11.3. The van der Waals surface area contributed by atoms with Crippen molar-refractivity contribution >= 4 is 39.0 Å². The average Bonchev–Trinajstić information content (AvgIpc) is 2.99. The zero-order chi connectivity index (χ0) is 17.1. The zero-order valence-corrected chi connectivity index (χ0v) is 16.2. The summed E-state index contributed by atoms with van der Waals surface area (Å²) in [6.07, 6.45) is 1.33. The summed E-state index contributed by atoms with van der Waals surface area (Å²) in [5, 5.41) is 1.75. The van der Waals surface area contributed by atoms with Crippen molar-refractivity contribution in [2.75, 3.05) is 18.8 Å². The lowest BCUT2D eigenvalue weighted by Crippen LogP contribution is -2.47. The van der Waals surface area contributed by atoms with Gasteiger partial charge in [-0.15, -0.1) is 23.1 Å². The largest absolute Gasteiger partial charge is 0.342 e. The number of likely N-dealkylation sites (tertiary alicyclic amines) is 1. The minimum absolute atomic E-state index is 0.0737. The number of nitrogens with zero attached hydrogens (tertiary/aromatic N) is 1. The maximum Gasteiger partial charge on any atom is 0.250 e. The molecule has 1 aromatic heterocycles. The van der Waals surface area contributed by atoms with Crippen molar-refractivity contribution in [3.05, 3.63) is 17.5 Å². The molecule has 1 saturated heterocycles. The highest BCUT2D eigenvalue weighted by Gasteiger charge is 2.27. The maximum atomic E-state index is 12.2. The van der Waals surface area contributed by atoms with Crippen molar-refractivity contribution in [3.8, 4) is 0 Å². The molecule has 1 N–H and O–H groups in total. The van der Waals surface area contributed by atoms with E-state index in [1.807, 2.05) is 4.90 Å². The lowest BCUT2D eigenvalue weighted by Gasteiger charge is -2.32. The third-order valence-corrected chi connectivity index (χ3v) is 7.73. The van der Waals surface area contributed by atoms with E-state index in [1.54, 1.807) is 29.3 Å². The van der Waals surface area contributed by atoms with E-state index in [1.165, 1.54) is 11.3 Å². The predicted molar refractivity (Wildman–Crippen MR) is 96.5 cm³/mol. The molecular weight excluding hydrogens is 352 g/mol. The Labute approximate surface area is 146 Å². The van der Waals surface area contributed by atoms with Gasteiger partial charge in [0.05, 0.1) is 5.75 Å². The molecule has 0 aromatic carbocycles. The van der Waals surface area contributed by atoms with Crippen molar-refractivity contribution in [2.24, 2.45) is 0 Å². The number of amides is 1. The van der Waals surface area contributed by atoms with Gasteiger partial charge in [-0.1, -0.05) is 26.8 Å². The Balaban J connectivity index is 1.81. The molecule has 0 unspecified atom stereocenters. The molecule has 0 radical (unpaired) electrons. The summed E-state index contributed by atoms with van der Waals surface area (Å²) in [5.74, 6) is 0.624. The zero-order valence-electron chi connectivity index (χ0n) is 13.7. The lowest BCUT2D eigenvalue weighted by molar-refractivity contribution is -0.129.